The SMILES string of the molecule is CCC(C=O)=Cc1ccc(OCCN(C)C)cc1. The molecule has 1 aromatic rings. The van der Waals surface area contributed by atoms with Crippen LogP contribution in [0.5, 0.6) is 5.75 Å². The molecule has 0 aliphatic carbocycles. The van der Waals surface area contributed by atoms with E-state index in [2.05, 4.69) is 4.90 Å². The van der Waals surface area contributed by atoms with Gasteiger partial charge in [-0.05, 0) is 49.9 Å². The molecule has 98 valence electrons. The highest BCUT2D eigenvalue weighted by atomic mass is 16.5. The lowest BCUT2D eigenvalue weighted by molar-refractivity contribution is -0.104. The minimum Gasteiger partial charge on any atom is -0.492 e. The molecule has 3 heteroatoms. The minimum absolute atomic E-state index is 0.677. The summed E-state index contributed by atoms with van der Waals surface area (Å²) in [7, 11) is 4.03. The Morgan fingerprint density at radius 1 is 1.28 bits per heavy atom. The predicted molar refractivity (Wildman–Crippen MR) is 74.8 cm³/mol. The Kier molecular flexibility index (Phi) is 6.15. The van der Waals surface area contributed by atoms with Gasteiger partial charge in [0.2, 0.25) is 0 Å². The van der Waals surface area contributed by atoms with Crippen LogP contribution in [0.15, 0.2) is 29.8 Å². The number of likely N-dealkylation sites (N-methyl/N-ethyl adjacent to an activating group) is 1. The summed E-state index contributed by atoms with van der Waals surface area (Å²) in [6.45, 7) is 3.54. The van der Waals surface area contributed by atoms with Crippen molar-refractivity contribution < 1.29 is 9.53 Å². The van der Waals surface area contributed by atoms with E-state index in [1.54, 1.807) is 0 Å². The van der Waals surface area contributed by atoms with Crippen molar-refractivity contribution in [2.45, 2.75) is 13.3 Å². The molecule has 0 saturated heterocycles. The van der Waals surface area contributed by atoms with Gasteiger partial charge in [-0.3, -0.25) is 4.79 Å². The maximum absolute atomic E-state index is 10.7. The first-order valence-electron chi connectivity index (χ1n) is 6.19. The zero-order chi connectivity index (χ0) is 13.4. The third-order valence-corrected chi connectivity index (χ3v) is 2.60. The van der Waals surface area contributed by atoms with Crippen LogP contribution in [0.3, 0.4) is 0 Å². The van der Waals surface area contributed by atoms with Gasteiger partial charge in [-0.2, -0.15) is 0 Å². The van der Waals surface area contributed by atoms with Crippen molar-refractivity contribution in [3.05, 3.63) is 35.4 Å². The third-order valence-electron chi connectivity index (χ3n) is 2.60. The van der Waals surface area contributed by atoms with E-state index in [4.69, 9.17) is 4.74 Å². The first-order valence-corrected chi connectivity index (χ1v) is 6.19. The highest BCUT2D eigenvalue weighted by Crippen LogP contribution is 2.14. The normalized spacial score (nSPS) is 11.7. The molecule has 0 amide bonds. The summed E-state index contributed by atoms with van der Waals surface area (Å²) in [5.74, 6) is 0.859. The maximum atomic E-state index is 10.7. The molecule has 18 heavy (non-hydrogen) atoms. The Morgan fingerprint density at radius 2 is 1.94 bits per heavy atom. The average Bonchev–Trinajstić information content (AvgIpc) is 2.37. The van der Waals surface area contributed by atoms with E-state index in [1.165, 1.54) is 0 Å². The second-order valence-electron chi connectivity index (χ2n) is 4.41. The molecule has 0 aromatic heterocycles. The van der Waals surface area contributed by atoms with Crippen molar-refractivity contribution in [1.82, 2.24) is 4.90 Å². The first kappa shape index (κ1) is 14.5. The van der Waals surface area contributed by atoms with Crippen LogP contribution in [0.1, 0.15) is 18.9 Å². The lowest BCUT2D eigenvalue weighted by Gasteiger charge is -2.11. The fourth-order valence-corrected chi connectivity index (χ4v) is 1.44. The molecule has 0 heterocycles. The number of allylic oxidation sites excluding steroid dienone is 1. The van der Waals surface area contributed by atoms with E-state index in [-0.39, 0.29) is 0 Å². The smallest absolute Gasteiger partial charge is 0.146 e. The number of hydrogen-bond donors (Lipinski definition) is 0. The van der Waals surface area contributed by atoms with E-state index < -0.39 is 0 Å². The fraction of sp³-hybridized carbons (Fsp3) is 0.400. The standard InChI is InChI=1S/C15H21NO2/c1-4-13(12-17)11-14-5-7-15(8-6-14)18-10-9-16(2)3/h5-8,11-12H,4,9-10H2,1-3H3. The van der Waals surface area contributed by atoms with E-state index in [0.29, 0.717) is 6.61 Å². The summed E-state index contributed by atoms with van der Waals surface area (Å²) in [5, 5.41) is 0. The largest absolute Gasteiger partial charge is 0.492 e. The lowest BCUT2D eigenvalue weighted by Crippen LogP contribution is -2.19. The molecule has 0 spiro atoms. The van der Waals surface area contributed by atoms with Gasteiger partial charge in [-0.15, -0.1) is 0 Å². The molecular weight excluding hydrogens is 226 g/mol. The molecule has 0 bridgehead atoms. The summed E-state index contributed by atoms with van der Waals surface area (Å²) in [6, 6.07) is 7.79. The number of rotatable bonds is 7. The summed E-state index contributed by atoms with van der Waals surface area (Å²) in [5.41, 5.74) is 1.83. The maximum Gasteiger partial charge on any atom is 0.146 e. The second kappa shape index (κ2) is 7.67. The van der Waals surface area contributed by atoms with Crippen molar-refractivity contribution in [1.29, 1.82) is 0 Å². The van der Waals surface area contributed by atoms with Crippen LogP contribution < -0.4 is 4.74 Å². The van der Waals surface area contributed by atoms with Crippen LogP contribution in [-0.4, -0.2) is 38.4 Å². The van der Waals surface area contributed by atoms with Crippen molar-refractivity contribution in [2.75, 3.05) is 27.2 Å². The molecule has 0 aliphatic rings. The topological polar surface area (TPSA) is 29.5 Å². The van der Waals surface area contributed by atoms with Gasteiger partial charge in [0.1, 0.15) is 18.6 Å². The van der Waals surface area contributed by atoms with Crippen LogP contribution in [0.2, 0.25) is 0 Å². The highest BCUT2D eigenvalue weighted by Gasteiger charge is 1.96. The monoisotopic (exact) mass is 247 g/mol. The predicted octanol–water partition coefficient (Wildman–Crippen LogP) is 2.62. The zero-order valence-corrected chi connectivity index (χ0v) is 11.3. The molecular formula is C15H21NO2. The van der Waals surface area contributed by atoms with Gasteiger partial charge in [0.25, 0.3) is 0 Å². The molecule has 0 radical (unpaired) electrons. The number of nitrogens with zero attached hydrogens (tertiary/aromatic N) is 1. The lowest BCUT2D eigenvalue weighted by atomic mass is 10.1. The number of ether oxygens (including phenoxy) is 1. The first-order chi connectivity index (χ1) is 8.65. The Hall–Kier alpha value is -1.61. The molecule has 0 atom stereocenters. The van der Waals surface area contributed by atoms with Gasteiger partial charge in [0.15, 0.2) is 0 Å². The molecule has 0 unspecified atom stereocenters. The van der Waals surface area contributed by atoms with E-state index in [0.717, 1.165) is 36.1 Å². The molecule has 0 saturated carbocycles. The Balaban J connectivity index is 2.57. The van der Waals surface area contributed by atoms with Crippen molar-refractivity contribution in [2.24, 2.45) is 0 Å². The van der Waals surface area contributed by atoms with Gasteiger partial charge >= 0.3 is 0 Å². The summed E-state index contributed by atoms with van der Waals surface area (Å²) in [4.78, 5) is 12.8. The highest BCUT2D eigenvalue weighted by molar-refractivity contribution is 5.81. The van der Waals surface area contributed by atoms with Gasteiger partial charge in [-0.25, -0.2) is 0 Å². The quantitative estimate of drug-likeness (QED) is 0.548. The van der Waals surface area contributed by atoms with Gasteiger partial charge < -0.3 is 9.64 Å². The molecule has 0 aliphatic heterocycles. The second-order valence-corrected chi connectivity index (χ2v) is 4.41. The van der Waals surface area contributed by atoms with Crippen molar-refractivity contribution in [3.8, 4) is 5.75 Å². The Labute approximate surface area is 109 Å². The van der Waals surface area contributed by atoms with Gasteiger partial charge in [-0.1, -0.05) is 19.1 Å². The fourth-order valence-electron chi connectivity index (χ4n) is 1.44. The van der Waals surface area contributed by atoms with E-state index >= 15 is 0 Å². The molecule has 1 rings (SSSR count). The molecule has 1 aromatic carbocycles. The number of benzene rings is 1. The van der Waals surface area contributed by atoms with Crippen LogP contribution in [0.4, 0.5) is 0 Å². The van der Waals surface area contributed by atoms with Crippen LogP contribution in [-0.2, 0) is 4.79 Å². The number of aldehydes is 1. The van der Waals surface area contributed by atoms with E-state index in [1.807, 2.05) is 51.4 Å². The zero-order valence-electron chi connectivity index (χ0n) is 11.3. The summed E-state index contributed by atoms with van der Waals surface area (Å²) < 4.78 is 5.60. The molecule has 0 fully saturated rings. The van der Waals surface area contributed by atoms with E-state index in [9.17, 15) is 4.79 Å². The minimum atomic E-state index is 0.677. The summed E-state index contributed by atoms with van der Waals surface area (Å²) in [6.07, 6.45) is 3.56. The number of hydrogen-bond acceptors (Lipinski definition) is 3. The third kappa shape index (κ3) is 5.15. The average molecular weight is 247 g/mol. The van der Waals surface area contributed by atoms with Crippen LogP contribution in [0, 0.1) is 0 Å². The van der Waals surface area contributed by atoms with Crippen LogP contribution in [0.25, 0.3) is 6.08 Å². The van der Waals surface area contributed by atoms with Gasteiger partial charge in [0, 0.05) is 6.54 Å². The van der Waals surface area contributed by atoms with Gasteiger partial charge in [0.05, 0.1) is 0 Å². The Bertz CT molecular complexity index is 393. The summed E-state index contributed by atoms with van der Waals surface area (Å²) >= 11 is 0. The Morgan fingerprint density at radius 3 is 2.44 bits per heavy atom. The van der Waals surface area contributed by atoms with Crippen molar-refractivity contribution >= 4 is 12.4 Å². The number of carbonyl (C=O) groups is 1. The molecule has 3 nitrogen and oxygen atoms in total. The van der Waals surface area contributed by atoms with Crippen molar-refractivity contribution in [3.63, 3.8) is 0 Å². The van der Waals surface area contributed by atoms with Crippen LogP contribution >= 0.6 is 0 Å². The number of carbonyl (C=O) groups excluding carboxylic acids is 1. The molecule has 0 N–H and O–H groups in total.